The van der Waals surface area contributed by atoms with Gasteiger partial charge in [-0.25, -0.2) is 0 Å². The summed E-state index contributed by atoms with van der Waals surface area (Å²) in [7, 11) is 0. The molecule has 31 heavy (non-hydrogen) atoms. The molecule has 0 atom stereocenters. The minimum Gasteiger partial charge on any atom is -0.469 e. The van der Waals surface area contributed by atoms with Crippen LogP contribution in [-0.2, 0) is 16.1 Å². The summed E-state index contributed by atoms with van der Waals surface area (Å²) in [6.07, 6.45) is 4.85. The molecule has 1 aliphatic rings. The number of carbonyl (C=O) groups is 2. The van der Waals surface area contributed by atoms with Crippen LogP contribution >= 0.6 is 11.8 Å². The molecule has 0 unspecified atom stereocenters. The van der Waals surface area contributed by atoms with E-state index in [1.165, 1.54) is 11.8 Å². The molecule has 8 nitrogen and oxygen atoms in total. The van der Waals surface area contributed by atoms with Crippen molar-refractivity contribution in [2.45, 2.75) is 31.5 Å². The van der Waals surface area contributed by atoms with Gasteiger partial charge in [-0.05, 0) is 43.7 Å². The molecular formula is C22H23N5O3S. The topological polar surface area (TPSA) is 93.3 Å². The van der Waals surface area contributed by atoms with Crippen molar-refractivity contribution in [3.63, 3.8) is 0 Å². The number of nitrogens with zero attached hydrogens (tertiary/aromatic N) is 4. The molecule has 9 heteroatoms. The summed E-state index contributed by atoms with van der Waals surface area (Å²) in [5, 5.41) is 12.0. The zero-order chi connectivity index (χ0) is 21.8. The van der Waals surface area contributed by atoms with Crippen LogP contribution in [0.25, 0.3) is 11.4 Å². The monoisotopic (exact) mass is 437 g/mol. The fourth-order valence-electron chi connectivity index (χ4n) is 3.48. The molecule has 0 aliphatic carbocycles. The number of benzene rings is 1. The lowest BCUT2D eigenvalue weighted by atomic mass is 10.2. The van der Waals surface area contributed by atoms with Crippen LogP contribution in [0, 0.1) is 6.92 Å². The lowest BCUT2D eigenvalue weighted by Crippen LogP contribution is -2.23. The van der Waals surface area contributed by atoms with Crippen LogP contribution < -0.4 is 10.2 Å². The van der Waals surface area contributed by atoms with Gasteiger partial charge < -0.3 is 14.6 Å². The first-order valence-electron chi connectivity index (χ1n) is 9.98. The number of amides is 2. The van der Waals surface area contributed by atoms with Crippen LogP contribution in [0.15, 0.2) is 58.8 Å². The predicted molar refractivity (Wildman–Crippen MR) is 120 cm³/mol. The number of rotatable bonds is 8. The third-order valence-corrected chi connectivity index (χ3v) is 5.96. The van der Waals surface area contributed by atoms with Crippen molar-refractivity contribution in [3.8, 4) is 11.4 Å². The normalized spacial score (nSPS) is 13.6. The molecule has 1 aromatic carbocycles. The molecule has 0 spiro atoms. The van der Waals surface area contributed by atoms with Gasteiger partial charge in [-0.1, -0.05) is 17.8 Å². The summed E-state index contributed by atoms with van der Waals surface area (Å²) >= 11 is 1.31. The van der Waals surface area contributed by atoms with Crippen LogP contribution in [0.4, 0.5) is 11.4 Å². The van der Waals surface area contributed by atoms with Gasteiger partial charge in [0.15, 0.2) is 11.0 Å². The average Bonchev–Trinajstić information content (AvgIpc) is 3.48. The number of allylic oxidation sites excluding steroid dienone is 1. The minimum absolute atomic E-state index is 0.141. The molecule has 1 aliphatic heterocycles. The number of nitrogens with one attached hydrogen (secondary N) is 1. The van der Waals surface area contributed by atoms with E-state index in [-0.39, 0.29) is 17.6 Å². The molecule has 2 amide bonds. The van der Waals surface area contributed by atoms with Crippen molar-refractivity contribution in [2.24, 2.45) is 0 Å². The fourth-order valence-corrected chi connectivity index (χ4v) is 4.23. The van der Waals surface area contributed by atoms with Crippen molar-refractivity contribution in [1.29, 1.82) is 0 Å². The third kappa shape index (κ3) is 4.56. The number of hydrogen-bond acceptors (Lipinski definition) is 6. The van der Waals surface area contributed by atoms with Crippen molar-refractivity contribution in [1.82, 2.24) is 14.8 Å². The van der Waals surface area contributed by atoms with E-state index in [4.69, 9.17) is 4.42 Å². The first-order chi connectivity index (χ1) is 15.1. The second-order valence-corrected chi connectivity index (χ2v) is 8.07. The fraction of sp³-hybridized carbons (Fsp3) is 0.273. The standard InChI is InChI=1S/C22H23N5O3S/c1-3-11-27-21(18-10-13-30-15(18)2)24-25-22(27)31-14-19(28)23-16-6-8-17(9-7-16)26-12-4-5-20(26)29/h3,6-10,13H,1,4-5,11-12,14H2,2H3,(H,23,28). The lowest BCUT2D eigenvalue weighted by Gasteiger charge is -2.16. The van der Waals surface area contributed by atoms with Gasteiger partial charge >= 0.3 is 0 Å². The maximum Gasteiger partial charge on any atom is 0.234 e. The molecule has 0 saturated carbocycles. The van der Waals surface area contributed by atoms with Crippen molar-refractivity contribution >= 4 is 35.0 Å². The van der Waals surface area contributed by atoms with Crippen molar-refractivity contribution < 1.29 is 14.0 Å². The summed E-state index contributed by atoms with van der Waals surface area (Å²) in [5.74, 6) is 1.62. The summed E-state index contributed by atoms with van der Waals surface area (Å²) < 4.78 is 7.28. The van der Waals surface area contributed by atoms with Gasteiger partial charge in [-0.3, -0.25) is 14.2 Å². The number of aryl methyl sites for hydroxylation is 1. The van der Waals surface area contributed by atoms with E-state index >= 15 is 0 Å². The average molecular weight is 438 g/mol. The summed E-state index contributed by atoms with van der Waals surface area (Å²) in [5.41, 5.74) is 2.40. The molecule has 3 heterocycles. The predicted octanol–water partition coefficient (Wildman–Crippen LogP) is 3.89. The number of aromatic nitrogens is 3. The van der Waals surface area contributed by atoms with Crippen molar-refractivity contribution in [2.75, 3.05) is 22.5 Å². The molecule has 4 rings (SSSR count). The Kier molecular flexibility index (Phi) is 6.22. The van der Waals surface area contributed by atoms with Gasteiger partial charge in [-0.15, -0.1) is 16.8 Å². The molecule has 3 aromatic rings. The minimum atomic E-state index is -0.149. The number of carbonyl (C=O) groups excluding carboxylic acids is 2. The van der Waals surface area contributed by atoms with Crippen molar-refractivity contribution in [3.05, 3.63) is 55.0 Å². The van der Waals surface area contributed by atoms with E-state index in [0.717, 1.165) is 30.0 Å². The van der Waals surface area contributed by atoms with E-state index < -0.39 is 0 Å². The molecule has 0 bridgehead atoms. The van der Waals surface area contributed by atoms with Crippen LogP contribution in [0.1, 0.15) is 18.6 Å². The Morgan fingerprint density at radius 1 is 1.29 bits per heavy atom. The molecule has 1 saturated heterocycles. The van der Waals surface area contributed by atoms with E-state index in [9.17, 15) is 9.59 Å². The first kappa shape index (κ1) is 20.9. The van der Waals surface area contributed by atoms with Gasteiger partial charge in [0, 0.05) is 30.9 Å². The maximum atomic E-state index is 12.4. The number of anilines is 2. The highest BCUT2D eigenvalue weighted by atomic mass is 32.2. The second-order valence-electron chi connectivity index (χ2n) is 7.13. The number of hydrogen-bond donors (Lipinski definition) is 1. The third-order valence-electron chi connectivity index (χ3n) is 5.00. The Bertz CT molecular complexity index is 1100. The molecule has 1 fully saturated rings. The first-order valence-corrected chi connectivity index (χ1v) is 11.0. The number of furan rings is 1. The van der Waals surface area contributed by atoms with Gasteiger partial charge in [0.2, 0.25) is 11.8 Å². The second kappa shape index (κ2) is 9.22. The van der Waals surface area contributed by atoms with E-state index in [0.29, 0.717) is 29.6 Å². The zero-order valence-corrected chi connectivity index (χ0v) is 18.0. The smallest absolute Gasteiger partial charge is 0.234 e. The Morgan fingerprint density at radius 2 is 2.10 bits per heavy atom. The quantitative estimate of drug-likeness (QED) is 0.424. The van der Waals surface area contributed by atoms with Crippen LogP contribution in [0.5, 0.6) is 0 Å². The summed E-state index contributed by atoms with van der Waals surface area (Å²) in [4.78, 5) is 26.1. The van der Waals surface area contributed by atoms with Gasteiger partial charge in [0.25, 0.3) is 0 Å². The van der Waals surface area contributed by atoms with E-state index in [1.54, 1.807) is 17.2 Å². The molecule has 0 radical (unpaired) electrons. The summed E-state index contributed by atoms with van der Waals surface area (Å²) in [6, 6.07) is 9.17. The summed E-state index contributed by atoms with van der Waals surface area (Å²) in [6.45, 7) is 6.93. The van der Waals surface area contributed by atoms with Gasteiger partial charge in [0.05, 0.1) is 17.6 Å². The van der Waals surface area contributed by atoms with Gasteiger partial charge in [0.1, 0.15) is 5.76 Å². The Morgan fingerprint density at radius 3 is 2.74 bits per heavy atom. The highest BCUT2D eigenvalue weighted by Gasteiger charge is 2.21. The van der Waals surface area contributed by atoms with Crippen LogP contribution in [0.2, 0.25) is 0 Å². The van der Waals surface area contributed by atoms with Crippen LogP contribution in [-0.4, -0.2) is 38.9 Å². The van der Waals surface area contributed by atoms with E-state index in [1.807, 2.05) is 41.8 Å². The molecular weight excluding hydrogens is 414 g/mol. The lowest BCUT2D eigenvalue weighted by molar-refractivity contribution is -0.117. The molecule has 2 aromatic heterocycles. The van der Waals surface area contributed by atoms with Gasteiger partial charge in [-0.2, -0.15) is 0 Å². The SMILES string of the molecule is C=CCn1c(SCC(=O)Nc2ccc(N3CCCC3=O)cc2)nnc1-c1ccoc1C. The highest BCUT2D eigenvalue weighted by Crippen LogP contribution is 2.27. The number of thioether (sulfide) groups is 1. The molecule has 1 N–H and O–H groups in total. The Hall–Kier alpha value is -3.33. The van der Waals surface area contributed by atoms with E-state index in [2.05, 4.69) is 22.1 Å². The zero-order valence-electron chi connectivity index (χ0n) is 17.2. The maximum absolute atomic E-state index is 12.4. The Balaban J connectivity index is 1.39. The largest absolute Gasteiger partial charge is 0.469 e. The Labute approximate surface area is 184 Å². The molecule has 160 valence electrons. The highest BCUT2D eigenvalue weighted by molar-refractivity contribution is 7.99. The van der Waals surface area contributed by atoms with Crippen LogP contribution in [0.3, 0.4) is 0 Å².